The van der Waals surface area contributed by atoms with Crippen LogP contribution in [0.25, 0.3) is 0 Å². The van der Waals surface area contributed by atoms with Crippen molar-refractivity contribution in [3.8, 4) is 0 Å². The van der Waals surface area contributed by atoms with Gasteiger partial charge in [-0.05, 0) is 31.6 Å². The molecule has 0 aromatic heterocycles. The summed E-state index contributed by atoms with van der Waals surface area (Å²) in [5.41, 5.74) is 0. The van der Waals surface area contributed by atoms with Crippen molar-refractivity contribution in [3.63, 3.8) is 0 Å². The molecule has 0 saturated heterocycles. The number of hydrogen-bond acceptors (Lipinski definition) is 1. The lowest BCUT2D eigenvalue weighted by Crippen LogP contribution is -2.42. The Morgan fingerprint density at radius 2 is 2.00 bits per heavy atom. The molecule has 0 radical (unpaired) electrons. The van der Waals surface area contributed by atoms with E-state index in [4.69, 9.17) is 0 Å². The van der Waals surface area contributed by atoms with E-state index in [1.807, 2.05) is 0 Å². The van der Waals surface area contributed by atoms with Crippen LogP contribution >= 0.6 is 15.9 Å². The van der Waals surface area contributed by atoms with Gasteiger partial charge < -0.3 is 5.32 Å². The van der Waals surface area contributed by atoms with Crippen LogP contribution in [0.1, 0.15) is 45.4 Å². The molecule has 0 heterocycles. The first-order valence-corrected chi connectivity index (χ1v) is 8.38. The normalized spacial score (nSPS) is 25.2. The Bertz CT molecular complexity index is 309. The molecule has 0 aromatic rings. The zero-order chi connectivity index (χ0) is 15.2. The third kappa shape index (κ3) is 5.62. The van der Waals surface area contributed by atoms with Gasteiger partial charge in [-0.1, -0.05) is 35.7 Å². The average Bonchev–Trinajstić information content (AvgIpc) is 2.42. The molecule has 1 saturated carbocycles. The number of nitrogens with one attached hydrogen (secondary N) is 1. The van der Waals surface area contributed by atoms with E-state index in [-0.39, 0.29) is 6.42 Å². The number of amides is 1. The van der Waals surface area contributed by atoms with Crippen molar-refractivity contribution in [2.75, 3.05) is 11.9 Å². The Morgan fingerprint density at radius 3 is 2.60 bits per heavy atom. The summed E-state index contributed by atoms with van der Waals surface area (Å²) in [6.45, 7) is 2.56. The molecule has 1 rings (SSSR count). The van der Waals surface area contributed by atoms with Crippen LogP contribution in [0.4, 0.5) is 13.2 Å². The summed E-state index contributed by atoms with van der Waals surface area (Å²) in [5.74, 6) is -2.25. The van der Waals surface area contributed by atoms with Gasteiger partial charge in [0.25, 0.3) is 0 Å². The van der Waals surface area contributed by atoms with Crippen molar-refractivity contribution in [1.82, 2.24) is 5.32 Å². The predicted molar refractivity (Wildman–Crippen MR) is 76.7 cm³/mol. The van der Waals surface area contributed by atoms with E-state index in [1.54, 1.807) is 0 Å². The second kappa shape index (κ2) is 8.25. The first-order chi connectivity index (χ1) is 9.36. The highest BCUT2D eigenvalue weighted by atomic mass is 79.9. The fourth-order valence-corrected chi connectivity index (χ4v) is 3.03. The Kier molecular flexibility index (Phi) is 7.34. The maximum Gasteiger partial charge on any atom is 0.392 e. The SMILES string of the molecule is CC(CBr)CCCNC(=O)C1CCCCC1C(F)(F)F. The largest absolute Gasteiger partial charge is 0.392 e. The van der Waals surface area contributed by atoms with Crippen molar-refractivity contribution in [1.29, 1.82) is 0 Å². The van der Waals surface area contributed by atoms with Crippen LogP contribution in [0.15, 0.2) is 0 Å². The van der Waals surface area contributed by atoms with Gasteiger partial charge in [0.1, 0.15) is 0 Å². The molecule has 20 heavy (non-hydrogen) atoms. The van der Waals surface area contributed by atoms with Gasteiger partial charge in [-0.25, -0.2) is 0 Å². The Balaban J connectivity index is 2.40. The van der Waals surface area contributed by atoms with E-state index in [0.29, 0.717) is 31.7 Å². The molecule has 0 aromatic carbocycles. The second-order valence-electron chi connectivity index (χ2n) is 5.73. The quantitative estimate of drug-likeness (QED) is 0.557. The van der Waals surface area contributed by atoms with Crippen LogP contribution in [0, 0.1) is 17.8 Å². The second-order valence-corrected chi connectivity index (χ2v) is 6.38. The van der Waals surface area contributed by atoms with E-state index < -0.39 is 23.9 Å². The van der Waals surface area contributed by atoms with Gasteiger partial charge in [0.15, 0.2) is 0 Å². The molecule has 1 fully saturated rings. The minimum atomic E-state index is -4.26. The number of halogens is 4. The highest BCUT2D eigenvalue weighted by Gasteiger charge is 2.47. The lowest BCUT2D eigenvalue weighted by molar-refractivity contribution is -0.198. The van der Waals surface area contributed by atoms with Crippen molar-refractivity contribution >= 4 is 21.8 Å². The van der Waals surface area contributed by atoms with Crippen LogP contribution in [-0.2, 0) is 4.79 Å². The fraction of sp³-hybridized carbons (Fsp3) is 0.929. The monoisotopic (exact) mass is 357 g/mol. The zero-order valence-electron chi connectivity index (χ0n) is 11.8. The first kappa shape index (κ1) is 17.8. The Morgan fingerprint density at radius 1 is 1.35 bits per heavy atom. The van der Waals surface area contributed by atoms with Gasteiger partial charge in [-0.3, -0.25) is 4.79 Å². The van der Waals surface area contributed by atoms with Crippen molar-refractivity contribution in [3.05, 3.63) is 0 Å². The number of alkyl halides is 4. The summed E-state index contributed by atoms with van der Waals surface area (Å²) < 4.78 is 38.7. The van der Waals surface area contributed by atoms with Crippen molar-refractivity contribution < 1.29 is 18.0 Å². The van der Waals surface area contributed by atoms with Gasteiger partial charge in [-0.15, -0.1) is 0 Å². The Labute approximate surface area is 127 Å². The summed E-state index contributed by atoms with van der Waals surface area (Å²) in [6, 6.07) is 0. The molecule has 0 aliphatic heterocycles. The van der Waals surface area contributed by atoms with Crippen LogP contribution in [0.3, 0.4) is 0 Å². The number of rotatable bonds is 6. The Hall–Kier alpha value is -0.260. The number of carbonyl (C=O) groups excluding carboxylic acids is 1. The molecular weight excluding hydrogens is 335 g/mol. The molecule has 1 aliphatic rings. The molecule has 3 unspecified atom stereocenters. The van der Waals surface area contributed by atoms with Crippen LogP contribution < -0.4 is 5.32 Å². The summed E-state index contributed by atoms with van der Waals surface area (Å²) in [6.07, 6.45) is -0.772. The molecule has 0 bridgehead atoms. The number of carbonyl (C=O) groups is 1. The summed E-state index contributed by atoms with van der Waals surface area (Å²) in [7, 11) is 0. The van der Waals surface area contributed by atoms with E-state index in [2.05, 4.69) is 28.2 Å². The maximum absolute atomic E-state index is 12.9. The lowest BCUT2D eigenvalue weighted by Gasteiger charge is -2.32. The van der Waals surface area contributed by atoms with Crippen LogP contribution in [-0.4, -0.2) is 24.0 Å². The smallest absolute Gasteiger partial charge is 0.356 e. The molecule has 1 N–H and O–H groups in total. The molecule has 118 valence electrons. The molecule has 3 atom stereocenters. The molecule has 0 spiro atoms. The molecule has 1 amide bonds. The highest BCUT2D eigenvalue weighted by molar-refractivity contribution is 9.09. The van der Waals surface area contributed by atoms with E-state index in [9.17, 15) is 18.0 Å². The molecule has 6 heteroatoms. The standard InChI is InChI=1S/C14H23BrF3NO/c1-10(9-15)5-4-8-19-13(20)11-6-2-3-7-12(11)14(16,17)18/h10-12H,2-9H2,1H3,(H,19,20). The van der Waals surface area contributed by atoms with Gasteiger partial charge in [0.2, 0.25) is 5.91 Å². The van der Waals surface area contributed by atoms with Gasteiger partial charge in [-0.2, -0.15) is 13.2 Å². The van der Waals surface area contributed by atoms with Crippen LogP contribution in [0.5, 0.6) is 0 Å². The van der Waals surface area contributed by atoms with Crippen molar-refractivity contribution in [2.24, 2.45) is 17.8 Å². The van der Waals surface area contributed by atoms with Gasteiger partial charge in [0.05, 0.1) is 5.92 Å². The average molecular weight is 358 g/mol. The highest BCUT2D eigenvalue weighted by Crippen LogP contribution is 2.41. The lowest BCUT2D eigenvalue weighted by atomic mass is 9.78. The summed E-state index contributed by atoms with van der Waals surface area (Å²) >= 11 is 3.38. The fourth-order valence-electron chi connectivity index (χ4n) is 2.71. The molecule has 2 nitrogen and oxygen atoms in total. The maximum atomic E-state index is 12.9. The third-order valence-corrected chi connectivity index (χ3v) is 5.06. The zero-order valence-corrected chi connectivity index (χ0v) is 13.4. The van der Waals surface area contributed by atoms with Gasteiger partial charge >= 0.3 is 6.18 Å². The van der Waals surface area contributed by atoms with E-state index in [1.165, 1.54) is 0 Å². The predicted octanol–water partition coefficient (Wildman–Crippen LogP) is 4.28. The summed E-state index contributed by atoms with van der Waals surface area (Å²) in [5, 5.41) is 3.58. The van der Waals surface area contributed by atoms with E-state index >= 15 is 0 Å². The summed E-state index contributed by atoms with van der Waals surface area (Å²) in [4.78, 5) is 11.9. The molecule has 1 aliphatic carbocycles. The first-order valence-electron chi connectivity index (χ1n) is 7.26. The van der Waals surface area contributed by atoms with Gasteiger partial charge in [0, 0.05) is 17.8 Å². The molecular formula is C14H23BrF3NO. The minimum Gasteiger partial charge on any atom is -0.356 e. The van der Waals surface area contributed by atoms with Crippen LogP contribution in [0.2, 0.25) is 0 Å². The minimum absolute atomic E-state index is 0.0855. The van der Waals surface area contributed by atoms with E-state index in [0.717, 1.165) is 18.2 Å². The number of hydrogen-bond donors (Lipinski definition) is 1. The van der Waals surface area contributed by atoms with Crippen molar-refractivity contribution in [2.45, 2.75) is 51.6 Å². The topological polar surface area (TPSA) is 29.1 Å². The third-order valence-electron chi connectivity index (χ3n) is 3.96.